The van der Waals surface area contributed by atoms with Gasteiger partial charge in [-0.05, 0) is 32.2 Å². The van der Waals surface area contributed by atoms with Crippen molar-refractivity contribution >= 4 is 5.78 Å². The second-order valence-electron chi connectivity index (χ2n) is 6.39. The van der Waals surface area contributed by atoms with Gasteiger partial charge in [0.25, 0.3) is 0 Å². The van der Waals surface area contributed by atoms with E-state index in [1.54, 1.807) is 0 Å². The number of fused-ring (bicyclic) bond motifs is 3. The number of ketones is 1. The summed E-state index contributed by atoms with van der Waals surface area (Å²) in [6.45, 7) is 7.31. The van der Waals surface area contributed by atoms with Gasteiger partial charge in [-0.25, -0.2) is 0 Å². The van der Waals surface area contributed by atoms with Gasteiger partial charge in [-0.2, -0.15) is 0 Å². The molecule has 3 unspecified atom stereocenters. The number of rotatable bonds is 1. The summed E-state index contributed by atoms with van der Waals surface area (Å²) in [5, 5.41) is 0. The maximum absolute atomic E-state index is 12.3. The largest absolute Gasteiger partial charge is 0.303 e. The van der Waals surface area contributed by atoms with Gasteiger partial charge in [-0.15, -0.1) is 0 Å². The Balaban J connectivity index is 2.10. The second-order valence-corrected chi connectivity index (χ2v) is 6.39. The zero-order valence-corrected chi connectivity index (χ0v) is 10.4. The summed E-state index contributed by atoms with van der Waals surface area (Å²) in [6.07, 6.45) is 3.67. The predicted molar refractivity (Wildman–Crippen MR) is 61.7 cm³/mol. The van der Waals surface area contributed by atoms with E-state index in [-0.39, 0.29) is 5.41 Å². The lowest BCUT2D eigenvalue weighted by molar-refractivity contribution is -0.137. The van der Waals surface area contributed by atoms with Crippen LogP contribution in [0, 0.1) is 17.3 Å². The van der Waals surface area contributed by atoms with Crippen LogP contribution in [0.15, 0.2) is 0 Å². The summed E-state index contributed by atoms with van der Waals surface area (Å²) >= 11 is 0. The van der Waals surface area contributed by atoms with E-state index in [0.717, 1.165) is 13.0 Å². The van der Waals surface area contributed by atoms with Gasteiger partial charge in [0.05, 0.1) is 0 Å². The average Bonchev–Trinajstić information content (AvgIpc) is 2.16. The van der Waals surface area contributed by atoms with Gasteiger partial charge < -0.3 is 4.90 Å². The van der Waals surface area contributed by atoms with Crippen molar-refractivity contribution in [1.29, 1.82) is 0 Å². The molecule has 0 N–H and O–H groups in total. The average molecular weight is 209 g/mol. The summed E-state index contributed by atoms with van der Waals surface area (Å²) in [5.74, 6) is 1.47. The number of Topliss-reactive ketones (excluding diaryl/α,β-unsaturated/α-hetero) is 1. The Labute approximate surface area is 93.0 Å². The molecule has 0 spiro atoms. The molecule has 0 aromatic carbocycles. The molecular weight excluding hydrogens is 186 g/mol. The van der Waals surface area contributed by atoms with Crippen LogP contribution in [0.25, 0.3) is 0 Å². The van der Waals surface area contributed by atoms with Crippen molar-refractivity contribution in [2.45, 2.75) is 46.1 Å². The standard InChI is InChI=1S/C13H23NO/c1-13(2,3)12(15)11-7-10-6-5-9(11)8-14(10)4/h9-11H,5-8H2,1-4H3. The highest BCUT2D eigenvalue weighted by atomic mass is 16.1. The van der Waals surface area contributed by atoms with Crippen LogP contribution in [-0.4, -0.2) is 30.3 Å². The van der Waals surface area contributed by atoms with Crippen LogP contribution >= 0.6 is 0 Å². The fourth-order valence-electron chi connectivity index (χ4n) is 3.23. The number of piperidine rings is 2. The lowest BCUT2D eigenvalue weighted by atomic mass is 9.66. The van der Waals surface area contributed by atoms with E-state index >= 15 is 0 Å². The van der Waals surface area contributed by atoms with Crippen LogP contribution in [0.1, 0.15) is 40.0 Å². The first kappa shape index (κ1) is 11.1. The molecule has 2 nitrogen and oxygen atoms in total. The first-order valence-corrected chi connectivity index (χ1v) is 6.14. The summed E-state index contributed by atoms with van der Waals surface area (Å²) in [6, 6.07) is 0.672. The Morgan fingerprint density at radius 3 is 2.33 bits per heavy atom. The SMILES string of the molecule is CN1CC2CCC1CC2C(=O)C(C)(C)C. The fourth-order valence-corrected chi connectivity index (χ4v) is 3.23. The molecule has 1 aliphatic carbocycles. The van der Waals surface area contributed by atoms with Gasteiger partial charge in [0.15, 0.2) is 0 Å². The lowest BCUT2D eigenvalue weighted by Crippen LogP contribution is -2.53. The maximum atomic E-state index is 12.3. The summed E-state index contributed by atoms with van der Waals surface area (Å²) in [5.41, 5.74) is -0.152. The third kappa shape index (κ3) is 1.96. The molecule has 0 aromatic rings. The van der Waals surface area contributed by atoms with E-state index < -0.39 is 0 Å². The molecule has 0 aromatic heterocycles. The third-order valence-electron chi connectivity index (χ3n) is 4.19. The number of hydrogen-bond donors (Lipinski definition) is 0. The highest BCUT2D eigenvalue weighted by Gasteiger charge is 2.44. The van der Waals surface area contributed by atoms with Crippen LogP contribution in [0.4, 0.5) is 0 Å². The van der Waals surface area contributed by atoms with Crippen molar-refractivity contribution in [2.75, 3.05) is 13.6 Å². The molecule has 2 saturated heterocycles. The molecule has 0 radical (unpaired) electrons. The predicted octanol–water partition coefficient (Wildman–Crippen LogP) is 2.33. The van der Waals surface area contributed by atoms with Crippen molar-refractivity contribution in [3.05, 3.63) is 0 Å². The zero-order valence-electron chi connectivity index (χ0n) is 10.4. The molecule has 3 rings (SSSR count). The van der Waals surface area contributed by atoms with Crippen molar-refractivity contribution in [2.24, 2.45) is 17.3 Å². The first-order chi connectivity index (χ1) is 6.89. The normalized spacial score (nSPS) is 36.9. The Morgan fingerprint density at radius 2 is 1.93 bits per heavy atom. The van der Waals surface area contributed by atoms with Crippen LogP contribution < -0.4 is 0 Å². The summed E-state index contributed by atoms with van der Waals surface area (Å²) in [4.78, 5) is 14.7. The Morgan fingerprint density at radius 1 is 1.27 bits per heavy atom. The topological polar surface area (TPSA) is 20.3 Å². The molecule has 2 heteroatoms. The highest BCUT2D eigenvalue weighted by molar-refractivity contribution is 5.86. The molecule has 3 fully saturated rings. The molecule has 1 saturated carbocycles. The van der Waals surface area contributed by atoms with Gasteiger partial charge in [0, 0.05) is 23.9 Å². The molecule has 86 valence electrons. The van der Waals surface area contributed by atoms with Crippen LogP contribution in [-0.2, 0) is 4.79 Å². The van der Waals surface area contributed by atoms with Gasteiger partial charge in [-0.3, -0.25) is 4.79 Å². The summed E-state index contributed by atoms with van der Waals surface area (Å²) in [7, 11) is 2.20. The maximum Gasteiger partial charge on any atom is 0.141 e. The summed E-state index contributed by atoms with van der Waals surface area (Å²) < 4.78 is 0. The van der Waals surface area contributed by atoms with E-state index in [9.17, 15) is 4.79 Å². The Kier molecular flexibility index (Phi) is 2.66. The monoisotopic (exact) mass is 209 g/mol. The molecule has 3 atom stereocenters. The molecule has 2 bridgehead atoms. The van der Waals surface area contributed by atoms with Crippen LogP contribution in [0.5, 0.6) is 0 Å². The number of nitrogens with zero attached hydrogens (tertiary/aromatic N) is 1. The molecule has 15 heavy (non-hydrogen) atoms. The van der Waals surface area contributed by atoms with E-state index in [1.807, 2.05) is 0 Å². The minimum atomic E-state index is -0.152. The minimum absolute atomic E-state index is 0.152. The van der Waals surface area contributed by atoms with Crippen molar-refractivity contribution < 1.29 is 4.79 Å². The van der Waals surface area contributed by atoms with E-state index in [4.69, 9.17) is 0 Å². The number of hydrogen-bond acceptors (Lipinski definition) is 2. The lowest BCUT2D eigenvalue weighted by Gasteiger charge is -2.48. The second kappa shape index (κ2) is 3.58. The Hall–Kier alpha value is -0.370. The van der Waals surface area contributed by atoms with Gasteiger partial charge >= 0.3 is 0 Å². The van der Waals surface area contributed by atoms with E-state index in [0.29, 0.717) is 23.7 Å². The van der Waals surface area contributed by atoms with Gasteiger partial charge in [0.1, 0.15) is 5.78 Å². The third-order valence-corrected chi connectivity index (χ3v) is 4.19. The molecule has 2 aliphatic heterocycles. The van der Waals surface area contributed by atoms with Crippen LogP contribution in [0.2, 0.25) is 0 Å². The van der Waals surface area contributed by atoms with Crippen molar-refractivity contribution in [3.8, 4) is 0 Å². The number of carbonyl (C=O) groups is 1. The van der Waals surface area contributed by atoms with Crippen molar-refractivity contribution in [1.82, 2.24) is 4.90 Å². The van der Waals surface area contributed by atoms with Gasteiger partial charge in [0.2, 0.25) is 0 Å². The van der Waals surface area contributed by atoms with Crippen LogP contribution in [0.3, 0.4) is 0 Å². The Bertz CT molecular complexity index is 266. The zero-order chi connectivity index (χ0) is 11.2. The highest BCUT2D eigenvalue weighted by Crippen LogP contribution is 2.41. The van der Waals surface area contributed by atoms with E-state index in [1.165, 1.54) is 12.8 Å². The van der Waals surface area contributed by atoms with Gasteiger partial charge in [-0.1, -0.05) is 20.8 Å². The van der Waals surface area contributed by atoms with Crippen molar-refractivity contribution in [3.63, 3.8) is 0 Å². The molecule has 2 heterocycles. The number of carbonyl (C=O) groups excluding carboxylic acids is 1. The smallest absolute Gasteiger partial charge is 0.141 e. The fraction of sp³-hybridized carbons (Fsp3) is 0.923. The first-order valence-electron chi connectivity index (χ1n) is 6.14. The van der Waals surface area contributed by atoms with E-state index in [2.05, 4.69) is 32.7 Å². The molecular formula is C13H23NO. The minimum Gasteiger partial charge on any atom is -0.303 e. The molecule has 0 amide bonds. The molecule has 3 aliphatic rings. The quantitative estimate of drug-likeness (QED) is 0.660.